The zero-order valence-electron chi connectivity index (χ0n) is 12.9. The van der Waals surface area contributed by atoms with E-state index in [1.807, 2.05) is 0 Å². The molecule has 0 fully saturated rings. The fraction of sp³-hybridized carbons (Fsp3) is 0.875. The molecule has 0 aliphatic heterocycles. The molecule has 0 saturated carbocycles. The van der Waals surface area contributed by atoms with E-state index >= 15 is 0 Å². The Bertz CT molecular complexity index is 274. The number of rotatable bonds is 13. The van der Waals surface area contributed by atoms with Crippen LogP contribution in [0.3, 0.4) is 0 Å². The lowest BCUT2D eigenvalue weighted by Crippen LogP contribution is -2.13. The molecule has 4 nitrogen and oxygen atoms in total. The molecule has 0 bridgehead atoms. The maximum absolute atomic E-state index is 11.1. The van der Waals surface area contributed by atoms with E-state index in [1.54, 1.807) is 0 Å². The third kappa shape index (κ3) is 12.0. The molecule has 4 heteroatoms. The van der Waals surface area contributed by atoms with Gasteiger partial charge < -0.3 is 10.2 Å². The van der Waals surface area contributed by atoms with Gasteiger partial charge in [-0.2, -0.15) is 0 Å². The second-order valence-electron chi connectivity index (χ2n) is 6.06. The molecule has 0 aromatic carbocycles. The van der Waals surface area contributed by atoms with E-state index in [2.05, 4.69) is 13.8 Å². The normalized spacial score (nSPS) is 12.6. The number of unbranched alkanes of at least 4 members (excludes halogenated alkanes) is 4. The van der Waals surface area contributed by atoms with Gasteiger partial charge in [0.2, 0.25) is 0 Å². The van der Waals surface area contributed by atoms with Gasteiger partial charge in [-0.3, -0.25) is 9.59 Å². The fourth-order valence-electron chi connectivity index (χ4n) is 2.36. The van der Waals surface area contributed by atoms with Crippen molar-refractivity contribution in [2.75, 3.05) is 0 Å². The number of aliphatic carboxylic acids is 2. The van der Waals surface area contributed by atoms with Crippen molar-refractivity contribution in [2.45, 2.75) is 78.1 Å². The van der Waals surface area contributed by atoms with Crippen molar-refractivity contribution in [3.63, 3.8) is 0 Å². The van der Waals surface area contributed by atoms with Crippen molar-refractivity contribution < 1.29 is 19.8 Å². The Morgan fingerprint density at radius 3 is 1.75 bits per heavy atom. The van der Waals surface area contributed by atoms with Gasteiger partial charge in [-0.1, -0.05) is 52.4 Å². The van der Waals surface area contributed by atoms with Crippen molar-refractivity contribution in [1.29, 1.82) is 0 Å². The number of carboxylic acid groups (broad SMARTS) is 2. The zero-order chi connectivity index (χ0) is 15.4. The Morgan fingerprint density at radius 1 is 0.800 bits per heavy atom. The second kappa shape index (κ2) is 11.7. The Labute approximate surface area is 122 Å². The van der Waals surface area contributed by atoms with Crippen LogP contribution in [0.2, 0.25) is 0 Å². The van der Waals surface area contributed by atoms with Crippen molar-refractivity contribution in [1.82, 2.24) is 0 Å². The summed E-state index contributed by atoms with van der Waals surface area (Å²) < 4.78 is 0. The quantitative estimate of drug-likeness (QED) is 0.494. The van der Waals surface area contributed by atoms with E-state index in [4.69, 9.17) is 10.2 Å². The molecule has 20 heavy (non-hydrogen) atoms. The van der Waals surface area contributed by atoms with Crippen LogP contribution in [0.4, 0.5) is 0 Å². The summed E-state index contributed by atoms with van der Waals surface area (Å²) >= 11 is 0. The summed E-state index contributed by atoms with van der Waals surface area (Å²) in [5, 5.41) is 17.7. The molecular formula is C16H30O4. The Balaban J connectivity index is 3.66. The predicted octanol–water partition coefficient (Wildman–Crippen LogP) is 4.33. The molecule has 0 saturated heterocycles. The SMILES string of the molecule is CC(C)CCCCCC(CCCCCC(=O)O)C(=O)O. The first-order valence-electron chi connectivity index (χ1n) is 7.88. The highest BCUT2D eigenvalue weighted by atomic mass is 16.4. The van der Waals surface area contributed by atoms with Gasteiger partial charge in [0.15, 0.2) is 0 Å². The molecule has 118 valence electrons. The predicted molar refractivity (Wildman–Crippen MR) is 79.8 cm³/mol. The molecule has 0 amide bonds. The van der Waals surface area contributed by atoms with Gasteiger partial charge in [0, 0.05) is 6.42 Å². The van der Waals surface area contributed by atoms with E-state index in [0.717, 1.165) is 38.0 Å². The summed E-state index contributed by atoms with van der Waals surface area (Å²) in [5.41, 5.74) is 0. The van der Waals surface area contributed by atoms with Crippen LogP contribution in [-0.2, 0) is 9.59 Å². The van der Waals surface area contributed by atoms with Crippen LogP contribution in [-0.4, -0.2) is 22.2 Å². The Morgan fingerprint density at radius 2 is 1.30 bits per heavy atom. The Kier molecular flexibility index (Phi) is 11.1. The van der Waals surface area contributed by atoms with Crippen LogP contribution in [0.15, 0.2) is 0 Å². The average Bonchev–Trinajstić information content (AvgIpc) is 2.34. The van der Waals surface area contributed by atoms with Gasteiger partial charge in [0.05, 0.1) is 5.92 Å². The third-order valence-corrected chi connectivity index (χ3v) is 3.63. The lowest BCUT2D eigenvalue weighted by Gasteiger charge is -2.12. The first-order chi connectivity index (χ1) is 9.43. The van der Waals surface area contributed by atoms with Gasteiger partial charge in [-0.05, 0) is 25.2 Å². The van der Waals surface area contributed by atoms with Crippen LogP contribution in [0.5, 0.6) is 0 Å². The van der Waals surface area contributed by atoms with Crippen LogP contribution in [0.25, 0.3) is 0 Å². The second-order valence-corrected chi connectivity index (χ2v) is 6.06. The molecule has 2 N–H and O–H groups in total. The summed E-state index contributed by atoms with van der Waals surface area (Å²) in [7, 11) is 0. The minimum Gasteiger partial charge on any atom is -0.481 e. The van der Waals surface area contributed by atoms with E-state index < -0.39 is 11.9 Å². The summed E-state index contributed by atoms with van der Waals surface area (Å²) in [6.45, 7) is 4.41. The van der Waals surface area contributed by atoms with Gasteiger partial charge in [0.1, 0.15) is 0 Å². The molecule has 0 aliphatic rings. The number of hydrogen-bond donors (Lipinski definition) is 2. The highest BCUT2D eigenvalue weighted by Crippen LogP contribution is 2.19. The summed E-state index contributed by atoms with van der Waals surface area (Å²) in [6, 6.07) is 0. The molecule has 0 radical (unpaired) electrons. The lowest BCUT2D eigenvalue weighted by atomic mass is 9.94. The standard InChI is InChI=1S/C16H30O4/c1-13(2)9-5-3-6-10-14(16(19)20)11-7-4-8-12-15(17)18/h13-14H,3-12H2,1-2H3,(H,17,18)(H,19,20). The molecular weight excluding hydrogens is 256 g/mol. The summed E-state index contributed by atoms with van der Waals surface area (Å²) in [5.74, 6) is -1.00. The molecule has 1 atom stereocenters. The largest absolute Gasteiger partial charge is 0.481 e. The fourth-order valence-corrected chi connectivity index (χ4v) is 2.36. The maximum Gasteiger partial charge on any atom is 0.306 e. The van der Waals surface area contributed by atoms with Gasteiger partial charge in [0.25, 0.3) is 0 Å². The topological polar surface area (TPSA) is 74.6 Å². The number of hydrogen-bond acceptors (Lipinski definition) is 2. The molecule has 0 aromatic rings. The molecule has 0 aliphatic carbocycles. The average molecular weight is 286 g/mol. The van der Waals surface area contributed by atoms with Crippen LogP contribution in [0, 0.1) is 11.8 Å². The highest BCUT2D eigenvalue weighted by Gasteiger charge is 2.16. The minimum absolute atomic E-state index is 0.187. The van der Waals surface area contributed by atoms with Crippen molar-refractivity contribution in [3.8, 4) is 0 Å². The van der Waals surface area contributed by atoms with Crippen LogP contribution < -0.4 is 0 Å². The molecule has 0 rings (SSSR count). The van der Waals surface area contributed by atoms with Gasteiger partial charge in [-0.25, -0.2) is 0 Å². The maximum atomic E-state index is 11.1. The smallest absolute Gasteiger partial charge is 0.306 e. The monoisotopic (exact) mass is 286 g/mol. The molecule has 1 unspecified atom stereocenters. The van der Waals surface area contributed by atoms with Crippen molar-refractivity contribution in [2.24, 2.45) is 11.8 Å². The van der Waals surface area contributed by atoms with E-state index in [1.165, 1.54) is 12.8 Å². The van der Waals surface area contributed by atoms with E-state index in [0.29, 0.717) is 12.8 Å². The highest BCUT2D eigenvalue weighted by molar-refractivity contribution is 5.69. The minimum atomic E-state index is -0.773. The number of carbonyl (C=O) groups is 2. The van der Waals surface area contributed by atoms with Crippen LogP contribution in [0.1, 0.15) is 78.1 Å². The summed E-state index contributed by atoms with van der Waals surface area (Å²) in [6.07, 6.45) is 8.39. The number of carboxylic acids is 2. The molecule has 0 spiro atoms. The zero-order valence-corrected chi connectivity index (χ0v) is 12.9. The first-order valence-corrected chi connectivity index (χ1v) is 7.88. The van der Waals surface area contributed by atoms with Crippen LogP contribution >= 0.6 is 0 Å². The van der Waals surface area contributed by atoms with Gasteiger partial charge in [-0.15, -0.1) is 0 Å². The Hall–Kier alpha value is -1.06. The first kappa shape index (κ1) is 18.9. The summed E-state index contributed by atoms with van der Waals surface area (Å²) in [4.78, 5) is 21.5. The van der Waals surface area contributed by atoms with Crippen molar-refractivity contribution in [3.05, 3.63) is 0 Å². The lowest BCUT2D eigenvalue weighted by molar-refractivity contribution is -0.142. The van der Waals surface area contributed by atoms with E-state index in [9.17, 15) is 9.59 Å². The van der Waals surface area contributed by atoms with Crippen molar-refractivity contribution >= 4 is 11.9 Å². The van der Waals surface area contributed by atoms with E-state index in [-0.39, 0.29) is 12.3 Å². The molecule has 0 aromatic heterocycles. The third-order valence-electron chi connectivity index (χ3n) is 3.63. The van der Waals surface area contributed by atoms with Gasteiger partial charge >= 0.3 is 11.9 Å². The molecule has 0 heterocycles.